The topological polar surface area (TPSA) is 79.4 Å². The molecule has 1 unspecified atom stereocenters. The molecular weight excluding hydrogens is 421 g/mol. The lowest BCUT2D eigenvalue weighted by molar-refractivity contribution is 0.0858. The first-order valence-electron chi connectivity index (χ1n) is 11.3. The number of para-hydroxylation sites is 1. The third-order valence-corrected chi connectivity index (χ3v) is 6.04. The van der Waals surface area contributed by atoms with Crippen molar-refractivity contribution in [1.82, 2.24) is 15.3 Å². The van der Waals surface area contributed by atoms with Gasteiger partial charge in [0.2, 0.25) is 5.95 Å². The second-order valence-electron chi connectivity index (χ2n) is 8.29. The summed E-state index contributed by atoms with van der Waals surface area (Å²) >= 11 is 0. The van der Waals surface area contributed by atoms with Crippen molar-refractivity contribution in [2.24, 2.45) is 0 Å². The molecule has 0 aliphatic carbocycles. The number of amides is 1. The second kappa shape index (κ2) is 9.54. The molecule has 3 aromatic rings. The maximum Gasteiger partial charge on any atom is 0.256 e. The van der Waals surface area contributed by atoms with Gasteiger partial charge in [0, 0.05) is 38.1 Å². The lowest BCUT2D eigenvalue weighted by Crippen LogP contribution is -2.32. The number of nitrogens with zero attached hydrogens (tertiary/aromatic N) is 3. The molecule has 2 N–H and O–H groups in total. The van der Waals surface area contributed by atoms with Crippen LogP contribution in [0.1, 0.15) is 34.3 Å². The zero-order chi connectivity index (χ0) is 22.6. The summed E-state index contributed by atoms with van der Waals surface area (Å²) in [6.07, 6.45) is 4.49. The minimum atomic E-state index is -0.287. The van der Waals surface area contributed by atoms with E-state index in [1.807, 2.05) is 12.1 Å². The lowest BCUT2D eigenvalue weighted by Gasteiger charge is -2.19. The van der Waals surface area contributed by atoms with Crippen molar-refractivity contribution >= 4 is 23.4 Å². The molecule has 8 heteroatoms. The van der Waals surface area contributed by atoms with Gasteiger partial charge in [0.1, 0.15) is 17.2 Å². The zero-order valence-electron chi connectivity index (χ0n) is 18.3. The van der Waals surface area contributed by atoms with Crippen molar-refractivity contribution in [3.05, 3.63) is 77.2 Å². The molecule has 1 saturated heterocycles. The molecule has 2 aliphatic heterocycles. The van der Waals surface area contributed by atoms with Crippen molar-refractivity contribution in [2.45, 2.75) is 31.9 Å². The molecule has 7 nitrogen and oxygen atoms in total. The Morgan fingerprint density at radius 1 is 1.18 bits per heavy atom. The van der Waals surface area contributed by atoms with Crippen LogP contribution in [-0.2, 0) is 17.7 Å². The summed E-state index contributed by atoms with van der Waals surface area (Å²) < 4.78 is 18.9. The first-order valence-corrected chi connectivity index (χ1v) is 11.3. The Labute approximate surface area is 192 Å². The minimum Gasteiger partial charge on any atom is -0.376 e. The number of carbonyl (C=O) groups excluding carboxylic acids is 1. The van der Waals surface area contributed by atoms with Crippen molar-refractivity contribution in [3.63, 3.8) is 0 Å². The summed E-state index contributed by atoms with van der Waals surface area (Å²) in [7, 11) is 0. The highest BCUT2D eigenvalue weighted by Crippen LogP contribution is 2.33. The molecule has 33 heavy (non-hydrogen) atoms. The normalized spacial score (nSPS) is 17.1. The number of hydrogen-bond donors (Lipinski definition) is 2. The van der Waals surface area contributed by atoms with Gasteiger partial charge in [-0.1, -0.05) is 30.3 Å². The second-order valence-corrected chi connectivity index (χ2v) is 8.29. The number of fused-ring (bicyclic) bond motifs is 1. The fraction of sp³-hybridized carbons (Fsp3) is 0.320. The first kappa shape index (κ1) is 21.3. The molecule has 0 bridgehead atoms. The van der Waals surface area contributed by atoms with Crippen LogP contribution in [0.25, 0.3) is 0 Å². The lowest BCUT2D eigenvalue weighted by atomic mass is 10.2. The van der Waals surface area contributed by atoms with E-state index in [0.717, 1.165) is 43.7 Å². The molecule has 1 fully saturated rings. The van der Waals surface area contributed by atoms with Crippen LogP contribution in [0, 0.1) is 5.82 Å². The van der Waals surface area contributed by atoms with Crippen LogP contribution in [0.3, 0.4) is 0 Å². The monoisotopic (exact) mass is 447 g/mol. The van der Waals surface area contributed by atoms with Gasteiger partial charge in [-0.2, -0.15) is 4.98 Å². The van der Waals surface area contributed by atoms with E-state index in [4.69, 9.17) is 9.72 Å². The van der Waals surface area contributed by atoms with E-state index in [2.05, 4.69) is 32.7 Å². The van der Waals surface area contributed by atoms with Crippen molar-refractivity contribution in [2.75, 3.05) is 29.9 Å². The molecule has 2 aliphatic rings. The van der Waals surface area contributed by atoms with Gasteiger partial charge in [-0.25, -0.2) is 9.37 Å². The van der Waals surface area contributed by atoms with E-state index in [9.17, 15) is 9.18 Å². The average molecular weight is 448 g/mol. The fourth-order valence-corrected chi connectivity index (χ4v) is 4.24. The maximum absolute atomic E-state index is 13.3. The molecule has 1 amide bonds. The minimum absolute atomic E-state index is 0.0471. The van der Waals surface area contributed by atoms with Gasteiger partial charge >= 0.3 is 0 Å². The van der Waals surface area contributed by atoms with E-state index in [0.29, 0.717) is 30.4 Å². The molecule has 5 rings (SSSR count). The quantitative estimate of drug-likeness (QED) is 0.573. The van der Waals surface area contributed by atoms with E-state index >= 15 is 0 Å². The predicted octanol–water partition coefficient (Wildman–Crippen LogP) is 3.83. The van der Waals surface area contributed by atoms with Crippen LogP contribution in [0.5, 0.6) is 0 Å². The summed E-state index contributed by atoms with van der Waals surface area (Å²) in [5.74, 6) is 0.446. The van der Waals surface area contributed by atoms with Crippen LogP contribution in [-0.4, -0.2) is 41.7 Å². The molecule has 1 aromatic heterocycles. The Kier molecular flexibility index (Phi) is 6.17. The van der Waals surface area contributed by atoms with Crippen LogP contribution in [0.15, 0.2) is 54.7 Å². The molecule has 0 saturated carbocycles. The fourth-order valence-electron chi connectivity index (χ4n) is 4.24. The van der Waals surface area contributed by atoms with E-state index in [1.54, 1.807) is 18.3 Å². The molecule has 2 aromatic carbocycles. The SMILES string of the molecule is O=C(NCC1CCCO1)c1cnc(N2CCc3ccccc32)nc1NCc1ccc(F)cc1. The summed E-state index contributed by atoms with van der Waals surface area (Å²) in [6.45, 7) is 2.37. The van der Waals surface area contributed by atoms with Crippen molar-refractivity contribution < 1.29 is 13.9 Å². The number of hydrogen-bond acceptors (Lipinski definition) is 6. The number of halogens is 1. The molecule has 170 valence electrons. The Hall–Kier alpha value is -3.52. The van der Waals surface area contributed by atoms with Crippen molar-refractivity contribution in [3.8, 4) is 0 Å². The number of ether oxygens (including phenoxy) is 1. The molecule has 1 atom stereocenters. The molecule has 0 spiro atoms. The molecular formula is C25H26FN5O2. The number of anilines is 3. The maximum atomic E-state index is 13.3. The molecule has 0 radical (unpaired) electrons. The smallest absolute Gasteiger partial charge is 0.256 e. The number of nitrogens with one attached hydrogen (secondary N) is 2. The van der Waals surface area contributed by atoms with Crippen LogP contribution in [0.4, 0.5) is 21.8 Å². The first-order chi connectivity index (χ1) is 16.2. The highest BCUT2D eigenvalue weighted by Gasteiger charge is 2.24. The van der Waals surface area contributed by atoms with Gasteiger partial charge in [0.25, 0.3) is 5.91 Å². The Morgan fingerprint density at radius 2 is 2.03 bits per heavy atom. The van der Waals surface area contributed by atoms with Gasteiger partial charge < -0.3 is 20.3 Å². The number of rotatable bonds is 7. The molecule has 3 heterocycles. The van der Waals surface area contributed by atoms with Gasteiger partial charge in [-0.3, -0.25) is 4.79 Å². The van der Waals surface area contributed by atoms with Gasteiger partial charge in [-0.05, 0) is 48.6 Å². The summed E-state index contributed by atoms with van der Waals surface area (Å²) in [6, 6.07) is 14.4. The highest BCUT2D eigenvalue weighted by atomic mass is 19.1. The summed E-state index contributed by atoms with van der Waals surface area (Å²) in [4.78, 5) is 24.3. The Morgan fingerprint density at radius 3 is 2.85 bits per heavy atom. The van der Waals surface area contributed by atoms with Crippen LogP contribution in [0.2, 0.25) is 0 Å². The third kappa shape index (κ3) is 4.80. The van der Waals surface area contributed by atoms with Crippen LogP contribution < -0.4 is 15.5 Å². The van der Waals surface area contributed by atoms with E-state index in [-0.39, 0.29) is 17.8 Å². The van der Waals surface area contributed by atoms with Gasteiger partial charge in [0.05, 0.1) is 6.10 Å². The van der Waals surface area contributed by atoms with E-state index in [1.165, 1.54) is 17.7 Å². The summed E-state index contributed by atoms with van der Waals surface area (Å²) in [5, 5.41) is 6.20. The summed E-state index contributed by atoms with van der Waals surface area (Å²) in [5.41, 5.74) is 3.58. The Bertz CT molecular complexity index is 1130. The largest absolute Gasteiger partial charge is 0.376 e. The number of aromatic nitrogens is 2. The predicted molar refractivity (Wildman–Crippen MR) is 124 cm³/mol. The van der Waals surface area contributed by atoms with E-state index < -0.39 is 0 Å². The van der Waals surface area contributed by atoms with Crippen LogP contribution >= 0.6 is 0 Å². The van der Waals surface area contributed by atoms with Crippen molar-refractivity contribution in [1.29, 1.82) is 0 Å². The number of carbonyl (C=O) groups is 1. The highest BCUT2D eigenvalue weighted by molar-refractivity contribution is 5.98. The standard InChI is InChI=1S/C25H26FN5O2/c26-19-9-7-17(8-10-19)14-27-23-21(24(32)28-15-20-5-3-13-33-20)16-29-25(30-23)31-12-11-18-4-1-2-6-22(18)31/h1-2,4,6-10,16,20H,3,5,11-15H2,(H,28,32)(H,27,29,30). The number of benzene rings is 2. The average Bonchev–Trinajstić information content (AvgIpc) is 3.52. The zero-order valence-corrected chi connectivity index (χ0v) is 18.3. The van der Waals surface area contributed by atoms with Gasteiger partial charge in [-0.15, -0.1) is 0 Å². The Balaban J connectivity index is 1.39. The third-order valence-electron chi connectivity index (χ3n) is 6.04. The van der Waals surface area contributed by atoms with Gasteiger partial charge in [0.15, 0.2) is 0 Å².